The summed E-state index contributed by atoms with van der Waals surface area (Å²) in [5.41, 5.74) is 9.06. The number of allylic oxidation sites excluding steroid dienone is 3. The number of carbonyl (C=O) groups excluding carboxylic acids is 1. The van der Waals surface area contributed by atoms with Crippen LogP contribution in [-0.2, 0) is 9.53 Å². The van der Waals surface area contributed by atoms with E-state index in [9.17, 15) is 40.5 Å². The fourth-order valence-corrected chi connectivity index (χ4v) is 15.1. The number of hydrogen-bond donors (Lipinski definition) is 10. The first-order chi connectivity index (χ1) is 47.6. The van der Waals surface area contributed by atoms with Gasteiger partial charge in [0.25, 0.3) is 0 Å². The lowest BCUT2D eigenvalue weighted by Gasteiger charge is -2.28. The van der Waals surface area contributed by atoms with Gasteiger partial charge in [-0.05, 0) is 301 Å². The lowest BCUT2D eigenvalue weighted by atomic mass is 9.78. The van der Waals surface area contributed by atoms with Crippen molar-refractivity contribution >= 4 is 5.97 Å². The van der Waals surface area contributed by atoms with Crippen molar-refractivity contribution in [3.8, 4) is 34.5 Å². The minimum absolute atomic E-state index is 0.141. The van der Waals surface area contributed by atoms with E-state index in [-0.39, 0.29) is 18.5 Å². The summed E-state index contributed by atoms with van der Waals surface area (Å²) in [5, 5.41) is 91.8. The van der Waals surface area contributed by atoms with Gasteiger partial charge in [-0.25, -0.2) is 4.79 Å². The number of carbonyl (C=O) groups is 1. The number of phenols is 6. The quantitative estimate of drug-likeness (QED) is 0.0213. The van der Waals surface area contributed by atoms with Crippen LogP contribution in [0.4, 0.5) is 0 Å². The zero-order chi connectivity index (χ0) is 69.9. The van der Waals surface area contributed by atoms with Gasteiger partial charge in [0.15, 0.2) is 0 Å². The number of aliphatic hydroxyl groups is 4. The maximum atomic E-state index is 11.4. The molecule has 6 atom stereocenters. The number of rotatable bonds is 14. The topological polar surface area (TPSA) is 229 Å². The molecule has 5 saturated carbocycles. The molecular formula is C86H116O12. The molecule has 0 radical (unpaired) electrons. The number of benzene rings is 6. The molecule has 5 fully saturated rings. The van der Waals surface area contributed by atoms with Gasteiger partial charge < -0.3 is 55.8 Å². The van der Waals surface area contributed by atoms with Crippen molar-refractivity contribution in [2.24, 2.45) is 29.6 Å². The highest BCUT2D eigenvalue weighted by atomic mass is 16.5. The normalized spacial score (nSPS) is 24.5. The molecule has 10 N–H and O–H groups in total. The Balaban J connectivity index is 0.000000166. The SMILES string of the molecule is CCC1CCC(c2ccc(O)cc2)CC1.CCOC(=O)C=C1CCC(c2ccc(O)cc2)CC1.OCC1CCC(c2ccc(O)cc2)CC1.OCC1CCC[C@@H](c2ccc(O)cc2)CC1.OCCC1CCCC(c2ccc(O)cc2)CC1.OC[C@H]1C=CCC(c2ccc(O)cc2)C=C1. The van der Waals surface area contributed by atoms with Gasteiger partial charge in [0.1, 0.15) is 34.5 Å². The molecule has 0 bridgehead atoms. The summed E-state index contributed by atoms with van der Waals surface area (Å²) in [7, 11) is 0. The van der Waals surface area contributed by atoms with E-state index in [1.807, 2.05) is 79.7 Å². The third-order valence-electron chi connectivity index (χ3n) is 21.5. The molecular weight excluding hydrogens is 1220 g/mol. The van der Waals surface area contributed by atoms with Crippen LogP contribution in [0.25, 0.3) is 0 Å². The third-order valence-corrected chi connectivity index (χ3v) is 21.5. The summed E-state index contributed by atoms with van der Waals surface area (Å²) in [6.07, 6.45) is 39.3. The number of aromatic hydroxyl groups is 6. The summed E-state index contributed by atoms with van der Waals surface area (Å²) in [6.45, 7) is 5.71. The zero-order valence-electron chi connectivity index (χ0n) is 58.6. The van der Waals surface area contributed by atoms with E-state index in [1.165, 1.54) is 116 Å². The Morgan fingerprint density at radius 1 is 0.378 bits per heavy atom. The fourth-order valence-electron chi connectivity index (χ4n) is 15.1. The van der Waals surface area contributed by atoms with Crippen molar-refractivity contribution in [2.45, 2.75) is 210 Å². The van der Waals surface area contributed by atoms with Crippen LogP contribution in [0.2, 0.25) is 0 Å². The maximum absolute atomic E-state index is 11.4. The molecule has 0 heterocycles. The fraction of sp³-hybridized carbons (Fsp3) is 0.500. The Morgan fingerprint density at radius 3 is 1.07 bits per heavy atom. The van der Waals surface area contributed by atoms with Crippen molar-refractivity contribution < 1.29 is 60.6 Å². The average Bonchev–Trinajstić information content (AvgIpc) is 1.12. The van der Waals surface area contributed by atoms with Gasteiger partial charge in [-0.3, -0.25) is 0 Å². The summed E-state index contributed by atoms with van der Waals surface area (Å²) < 4.78 is 4.93. The molecule has 0 aliphatic heterocycles. The molecule has 4 unspecified atom stereocenters. The van der Waals surface area contributed by atoms with Crippen LogP contribution < -0.4 is 0 Å². The molecule has 0 saturated heterocycles. The van der Waals surface area contributed by atoms with Gasteiger partial charge >= 0.3 is 5.97 Å². The predicted molar refractivity (Wildman–Crippen MR) is 395 cm³/mol. The lowest BCUT2D eigenvalue weighted by molar-refractivity contribution is -0.137. The predicted octanol–water partition coefficient (Wildman–Crippen LogP) is 19.4. The molecule has 12 heteroatoms. The van der Waals surface area contributed by atoms with E-state index in [0.29, 0.717) is 108 Å². The van der Waals surface area contributed by atoms with E-state index in [2.05, 4.69) is 31.2 Å². The lowest BCUT2D eigenvalue weighted by Crippen LogP contribution is -2.15. The monoisotopic (exact) mass is 1340 g/mol. The first kappa shape index (κ1) is 78.0. The standard InChI is InChI=1S/C16H20O3.C15H22O2.C14H20O2.C14H16O2.C14H20O.C13H18O2/c1-2-19-16(18)11-12-3-5-13(6-4-12)14-7-9-15(17)10-8-14;16-11-10-12-2-1-3-13(5-4-12)14-6-8-15(17)9-7-14;2*15-10-11-2-1-3-12(5-4-11)13-6-8-14(16)9-7-13;1-2-11-3-5-12(6-4-11)13-7-9-14(15)10-8-13;14-9-10-1-3-11(4-2-10)12-5-7-13(15)8-6-12/h7-11,13,17H,2-6H2,1H3;6-9,12-13,16-17H,1-5,10-11H2;6-9,11-12,15-16H,1-5,10H2;1-2,4-9,11-12,15-16H,3,10H2;7-12,15H,2-6H2,1H3;5-8,10-11,14-15H,1-4,9H2/t;;11?,12-;11-,12?;;/m..10../s1. The molecule has 0 spiro atoms. The van der Waals surface area contributed by atoms with Gasteiger partial charge in [0.2, 0.25) is 0 Å². The maximum Gasteiger partial charge on any atom is 0.330 e. The van der Waals surface area contributed by atoms with E-state index < -0.39 is 0 Å². The molecule has 6 aromatic carbocycles. The van der Waals surface area contributed by atoms with Crippen molar-refractivity contribution in [1.82, 2.24) is 0 Å². The molecule has 98 heavy (non-hydrogen) atoms. The number of hydrogen-bond acceptors (Lipinski definition) is 12. The molecule has 0 aromatic heterocycles. The first-order valence-corrected chi connectivity index (χ1v) is 37.0. The molecule has 12 rings (SSSR count). The van der Waals surface area contributed by atoms with Crippen LogP contribution >= 0.6 is 0 Å². The summed E-state index contributed by atoms with van der Waals surface area (Å²) in [4.78, 5) is 11.4. The van der Waals surface area contributed by atoms with E-state index >= 15 is 0 Å². The summed E-state index contributed by atoms with van der Waals surface area (Å²) >= 11 is 0. The highest BCUT2D eigenvalue weighted by molar-refractivity contribution is 5.82. The van der Waals surface area contributed by atoms with E-state index in [0.717, 1.165) is 95.3 Å². The number of aliphatic hydroxyl groups excluding tert-OH is 4. The second-order valence-electron chi connectivity index (χ2n) is 28.2. The molecule has 12 nitrogen and oxygen atoms in total. The molecule has 6 aromatic rings. The second kappa shape index (κ2) is 43.2. The van der Waals surface area contributed by atoms with Crippen molar-refractivity contribution in [2.75, 3.05) is 33.0 Å². The van der Waals surface area contributed by atoms with E-state index in [4.69, 9.17) is 20.1 Å². The number of ether oxygens (including phenoxy) is 1. The van der Waals surface area contributed by atoms with E-state index in [1.54, 1.807) is 78.9 Å². The van der Waals surface area contributed by atoms with Crippen molar-refractivity contribution in [3.63, 3.8) is 0 Å². The smallest absolute Gasteiger partial charge is 0.330 e. The number of phenolic OH excluding ortho intramolecular Hbond substituents is 6. The average molecular weight is 1340 g/mol. The van der Waals surface area contributed by atoms with Crippen molar-refractivity contribution in [1.29, 1.82) is 0 Å². The highest BCUT2D eigenvalue weighted by Crippen LogP contribution is 2.41. The van der Waals surface area contributed by atoms with Gasteiger partial charge in [-0.1, -0.05) is 135 Å². The van der Waals surface area contributed by atoms with Gasteiger partial charge in [-0.15, -0.1) is 0 Å². The first-order valence-electron chi connectivity index (χ1n) is 37.0. The summed E-state index contributed by atoms with van der Waals surface area (Å²) in [5.74, 6) is 8.07. The van der Waals surface area contributed by atoms with Crippen LogP contribution in [0, 0.1) is 29.6 Å². The molecule has 6 aliphatic rings. The van der Waals surface area contributed by atoms with Crippen LogP contribution in [0.15, 0.2) is 182 Å². The zero-order valence-corrected chi connectivity index (χ0v) is 58.6. The van der Waals surface area contributed by atoms with Crippen LogP contribution in [-0.4, -0.2) is 90.1 Å². The van der Waals surface area contributed by atoms with Crippen LogP contribution in [0.1, 0.15) is 243 Å². The largest absolute Gasteiger partial charge is 0.508 e. The molecule has 0 amide bonds. The van der Waals surface area contributed by atoms with Gasteiger partial charge in [0.05, 0.1) is 13.2 Å². The summed E-state index contributed by atoms with van der Waals surface area (Å²) in [6, 6.07) is 45.3. The second-order valence-corrected chi connectivity index (χ2v) is 28.2. The minimum atomic E-state index is -0.222. The Kier molecular flexibility index (Phi) is 34.4. The minimum Gasteiger partial charge on any atom is -0.508 e. The Labute approximate surface area is 585 Å². The molecule has 6 aliphatic carbocycles. The van der Waals surface area contributed by atoms with Gasteiger partial charge in [-0.2, -0.15) is 0 Å². The Bertz CT molecular complexity index is 3140. The molecule has 532 valence electrons. The Morgan fingerprint density at radius 2 is 0.714 bits per heavy atom. The van der Waals surface area contributed by atoms with Crippen LogP contribution in [0.5, 0.6) is 34.5 Å². The Hall–Kier alpha value is -7.35. The highest BCUT2D eigenvalue weighted by Gasteiger charge is 2.25. The van der Waals surface area contributed by atoms with Gasteiger partial charge in [0, 0.05) is 37.7 Å². The third kappa shape index (κ3) is 27.4. The number of esters is 1. The van der Waals surface area contributed by atoms with Crippen molar-refractivity contribution in [3.05, 3.63) is 215 Å². The van der Waals surface area contributed by atoms with Crippen LogP contribution in [0.3, 0.4) is 0 Å².